The molecule has 0 bridgehead atoms. The van der Waals surface area contributed by atoms with Gasteiger partial charge in [0.1, 0.15) is 0 Å². The van der Waals surface area contributed by atoms with Gasteiger partial charge in [-0.15, -0.1) is 0 Å². The number of hydrogen-bond acceptors (Lipinski definition) is 3. The quantitative estimate of drug-likeness (QED) is 0.748. The minimum absolute atomic E-state index is 0.0313. The van der Waals surface area contributed by atoms with Gasteiger partial charge in [0.05, 0.1) is 12.2 Å². The Morgan fingerprint density at radius 2 is 2.33 bits per heavy atom. The monoisotopic (exact) mass is 207 g/mol. The molecule has 0 saturated heterocycles. The van der Waals surface area contributed by atoms with Gasteiger partial charge in [-0.2, -0.15) is 0 Å². The fourth-order valence-corrected chi connectivity index (χ4v) is 1.24. The minimum atomic E-state index is 0.0313. The average Bonchev–Trinajstić information content (AvgIpc) is 2.23. The summed E-state index contributed by atoms with van der Waals surface area (Å²) in [5.74, 6) is 0.0313. The van der Waals surface area contributed by atoms with Gasteiger partial charge in [0.15, 0.2) is 0 Å². The molecule has 1 rings (SSSR count). The molecule has 0 aliphatic rings. The smallest absolute Gasteiger partial charge is 0.220 e. The second-order valence-corrected chi connectivity index (χ2v) is 3.44. The lowest BCUT2D eigenvalue weighted by molar-refractivity contribution is -0.121. The number of carbonyl (C=O) groups is 1. The van der Waals surface area contributed by atoms with Gasteiger partial charge in [0, 0.05) is 12.1 Å². The van der Waals surface area contributed by atoms with Crippen LogP contribution in [0.25, 0.3) is 0 Å². The fraction of sp³-hybridized carbons (Fsp3) is 0.455. The molecule has 0 aromatic carbocycles. The second-order valence-electron chi connectivity index (χ2n) is 3.44. The number of carbonyl (C=O) groups excluding carboxylic acids is 1. The molecule has 0 unspecified atom stereocenters. The van der Waals surface area contributed by atoms with Crippen molar-refractivity contribution >= 4 is 5.91 Å². The van der Waals surface area contributed by atoms with Crippen LogP contribution in [0, 0.1) is 6.92 Å². The van der Waals surface area contributed by atoms with Gasteiger partial charge in [-0.3, -0.25) is 9.78 Å². The molecular weight excluding hydrogens is 190 g/mol. The summed E-state index contributed by atoms with van der Waals surface area (Å²) in [7, 11) is 0. The van der Waals surface area contributed by atoms with Crippen molar-refractivity contribution in [1.29, 1.82) is 0 Å². The van der Waals surface area contributed by atoms with Gasteiger partial charge in [-0.05, 0) is 32.0 Å². The van der Waals surface area contributed by atoms with Crippen molar-refractivity contribution in [2.24, 2.45) is 5.73 Å². The minimum Gasteiger partial charge on any atom is -0.350 e. The Bertz CT molecular complexity index is 325. The molecule has 0 aliphatic heterocycles. The van der Waals surface area contributed by atoms with E-state index in [1.54, 1.807) is 0 Å². The molecule has 3 N–H and O–H groups in total. The first-order chi connectivity index (χ1) is 7.22. The Balaban J connectivity index is 2.33. The van der Waals surface area contributed by atoms with E-state index in [1.165, 1.54) is 0 Å². The molecule has 0 spiro atoms. The molecule has 0 atom stereocenters. The van der Waals surface area contributed by atoms with Gasteiger partial charge >= 0.3 is 0 Å². The number of rotatable bonds is 5. The third-order valence-corrected chi connectivity index (χ3v) is 2.02. The Morgan fingerprint density at radius 1 is 1.53 bits per heavy atom. The first-order valence-corrected chi connectivity index (χ1v) is 5.11. The molecule has 1 amide bonds. The van der Waals surface area contributed by atoms with Gasteiger partial charge in [0.2, 0.25) is 5.91 Å². The average molecular weight is 207 g/mol. The van der Waals surface area contributed by atoms with Crippen LogP contribution in [0.3, 0.4) is 0 Å². The van der Waals surface area contributed by atoms with Crippen LogP contribution in [0.4, 0.5) is 0 Å². The topological polar surface area (TPSA) is 68.0 Å². The van der Waals surface area contributed by atoms with Crippen molar-refractivity contribution in [3.05, 3.63) is 29.6 Å². The molecule has 0 aliphatic carbocycles. The summed E-state index contributed by atoms with van der Waals surface area (Å²) >= 11 is 0. The second kappa shape index (κ2) is 6.14. The molecule has 1 aromatic heterocycles. The maximum atomic E-state index is 11.3. The lowest BCUT2D eigenvalue weighted by Gasteiger charge is -2.04. The Hall–Kier alpha value is -1.42. The summed E-state index contributed by atoms with van der Waals surface area (Å²) in [5, 5.41) is 2.80. The zero-order valence-electron chi connectivity index (χ0n) is 8.99. The number of amides is 1. The number of pyridine rings is 1. The van der Waals surface area contributed by atoms with Gasteiger partial charge in [-0.1, -0.05) is 6.07 Å². The largest absolute Gasteiger partial charge is 0.350 e. The van der Waals surface area contributed by atoms with Gasteiger partial charge in [0.25, 0.3) is 0 Å². The summed E-state index contributed by atoms with van der Waals surface area (Å²) in [5.41, 5.74) is 7.16. The van der Waals surface area contributed by atoms with Crippen molar-refractivity contribution in [1.82, 2.24) is 10.3 Å². The normalized spacial score (nSPS) is 10.0. The molecular formula is C11H17N3O. The highest BCUT2D eigenvalue weighted by Crippen LogP contribution is 1.97. The summed E-state index contributed by atoms with van der Waals surface area (Å²) < 4.78 is 0. The number of nitrogens with one attached hydrogen (secondary N) is 1. The number of aryl methyl sites for hydroxylation is 1. The van der Waals surface area contributed by atoms with Crippen LogP contribution in [0.1, 0.15) is 24.2 Å². The predicted molar refractivity (Wildman–Crippen MR) is 59.1 cm³/mol. The zero-order valence-corrected chi connectivity index (χ0v) is 8.99. The Morgan fingerprint density at radius 3 is 3.00 bits per heavy atom. The van der Waals surface area contributed by atoms with E-state index >= 15 is 0 Å². The maximum absolute atomic E-state index is 11.3. The van der Waals surface area contributed by atoms with Gasteiger partial charge in [-0.25, -0.2) is 0 Å². The van der Waals surface area contributed by atoms with Crippen molar-refractivity contribution in [3.63, 3.8) is 0 Å². The number of hydrogen-bond donors (Lipinski definition) is 2. The van der Waals surface area contributed by atoms with Crippen LogP contribution in [0.2, 0.25) is 0 Å². The number of nitrogens with two attached hydrogens (primary N) is 1. The SMILES string of the molecule is Cc1cccc(CNC(=O)CCCN)n1. The lowest BCUT2D eigenvalue weighted by Crippen LogP contribution is -2.23. The van der Waals surface area contributed by atoms with E-state index in [2.05, 4.69) is 10.3 Å². The molecule has 4 heteroatoms. The van der Waals surface area contributed by atoms with Gasteiger partial charge < -0.3 is 11.1 Å². The van der Waals surface area contributed by atoms with Crippen LogP contribution >= 0.6 is 0 Å². The van der Waals surface area contributed by atoms with E-state index in [-0.39, 0.29) is 5.91 Å². The van der Waals surface area contributed by atoms with Crippen molar-refractivity contribution < 1.29 is 4.79 Å². The lowest BCUT2D eigenvalue weighted by atomic mass is 10.3. The summed E-state index contributed by atoms with van der Waals surface area (Å²) in [6.45, 7) is 2.97. The van der Waals surface area contributed by atoms with Crippen molar-refractivity contribution in [2.45, 2.75) is 26.3 Å². The molecule has 0 radical (unpaired) electrons. The molecule has 1 aromatic rings. The van der Waals surface area contributed by atoms with E-state index < -0.39 is 0 Å². The molecule has 82 valence electrons. The molecule has 1 heterocycles. The van der Waals surface area contributed by atoms with E-state index in [0.717, 1.165) is 17.8 Å². The highest BCUT2D eigenvalue weighted by atomic mass is 16.1. The molecule has 0 saturated carbocycles. The first kappa shape index (κ1) is 11.7. The summed E-state index contributed by atoms with van der Waals surface area (Å²) in [4.78, 5) is 15.6. The maximum Gasteiger partial charge on any atom is 0.220 e. The molecule has 15 heavy (non-hydrogen) atoms. The molecule has 4 nitrogen and oxygen atoms in total. The van der Waals surface area contributed by atoms with E-state index in [0.29, 0.717) is 19.5 Å². The van der Waals surface area contributed by atoms with Crippen molar-refractivity contribution in [2.75, 3.05) is 6.54 Å². The molecule has 0 fully saturated rings. The first-order valence-electron chi connectivity index (χ1n) is 5.11. The Labute approximate surface area is 89.9 Å². The van der Waals surface area contributed by atoms with Crippen LogP contribution in [0.15, 0.2) is 18.2 Å². The highest BCUT2D eigenvalue weighted by molar-refractivity contribution is 5.75. The van der Waals surface area contributed by atoms with E-state index in [4.69, 9.17) is 5.73 Å². The van der Waals surface area contributed by atoms with E-state index in [9.17, 15) is 4.79 Å². The third-order valence-electron chi connectivity index (χ3n) is 2.02. The van der Waals surface area contributed by atoms with Crippen molar-refractivity contribution in [3.8, 4) is 0 Å². The standard InChI is InChI=1S/C11H17N3O/c1-9-4-2-5-10(14-9)8-13-11(15)6-3-7-12/h2,4-5H,3,6-8,12H2,1H3,(H,13,15). The third kappa shape index (κ3) is 4.56. The summed E-state index contributed by atoms with van der Waals surface area (Å²) in [6, 6.07) is 5.76. The highest BCUT2D eigenvalue weighted by Gasteiger charge is 2.00. The summed E-state index contributed by atoms with van der Waals surface area (Å²) in [6.07, 6.45) is 1.22. The fourth-order valence-electron chi connectivity index (χ4n) is 1.24. The van der Waals surface area contributed by atoms with Crippen LogP contribution in [0.5, 0.6) is 0 Å². The van der Waals surface area contributed by atoms with Crippen LogP contribution < -0.4 is 11.1 Å². The van der Waals surface area contributed by atoms with E-state index in [1.807, 2.05) is 25.1 Å². The predicted octanol–water partition coefficient (Wildman–Crippen LogP) is 0.745. The van der Waals surface area contributed by atoms with Crippen LogP contribution in [-0.4, -0.2) is 17.4 Å². The Kier molecular flexibility index (Phi) is 4.77. The van der Waals surface area contributed by atoms with Crippen LogP contribution in [-0.2, 0) is 11.3 Å². The number of aromatic nitrogens is 1. The number of nitrogens with zero attached hydrogens (tertiary/aromatic N) is 1. The zero-order chi connectivity index (χ0) is 11.1.